The number of benzene rings is 1. The van der Waals surface area contributed by atoms with Gasteiger partial charge in [-0.25, -0.2) is 20.9 Å². The zero-order chi connectivity index (χ0) is 22.9. The van der Waals surface area contributed by atoms with E-state index in [4.69, 9.17) is 5.53 Å². The molecule has 0 spiro atoms. The summed E-state index contributed by atoms with van der Waals surface area (Å²) in [7, 11) is -10.0. The molecular weight excluding hydrogens is 465 g/mol. The molecule has 0 atom stereocenters. The van der Waals surface area contributed by atoms with Crippen molar-refractivity contribution in [1.29, 1.82) is 0 Å². The van der Waals surface area contributed by atoms with Crippen molar-refractivity contribution in [2.24, 2.45) is 0 Å². The van der Waals surface area contributed by atoms with Crippen LogP contribution in [0.5, 0.6) is 0 Å². The van der Waals surface area contributed by atoms with Gasteiger partial charge >= 0.3 is 39.9 Å². The quantitative estimate of drug-likeness (QED) is 0.166. The van der Waals surface area contributed by atoms with E-state index < -0.39 is 50.2 Å². The molecule has 0 fully saturated rings. The standard InChI is InChI=1S/C8H16N2O7S3.C8H11N.Na/c1-3-5-18(11,12)8(19(13,14)6-4-2)7-10(9)20(15,16)17;1-9(2)8-6-4-3-5-7-8;/h7H,3-6H2,1-2H3,(H,15,16,17);3-7H,1-2H3;/q;;+1/p-1. The third-order valence-corrected chi connectivity index (χ3v) is 8.69. The van der Waals surface area contributed by atoms with Crippen LogP contribution in [0.2, 0.25) is 0 Å². The topological polar surface area (TPSA) is 154 Å². The SMILES string of the molecule is CCCS(=O)(=O)[C]([CH][N+](=[N-])S(=O)(=O)[O-])S(=O)(=O)CCC.CN(C)c1ccccc1.[Na+]. The molecular formula is C16H26N3NaO7S3. The van der Waals surface area contributed by atoms with Crippen LogP contribution in [0.25, 0.3) is 5.53 Å². The molecule has 1 aromatic carbocycles. The zero-order valence-corrected chi connectivity index (χ0v) is 22.2. The molecule has 30 heavy (non-hydrogen) atoms. The van der Waals surface area contributed by atoms with Gasteiger partial charge in [-0.2, -0.15) is 8.42 Å². The Morgan fingerprint density at radius 3 is 1.63 bits per heavy atom. The van der Waals surface area contributed by atoms with Crippen molar-refractivity contribution in [3.05, 3.63) is 47.0 Å². The van der Waals surface area contributed by atoms with Crippen molar-refractivity contribution in [1.82, 2.24) is 0 Å². The molecule has 0 saturated heterocycles. The molecule has 0 aliphatic carbocycles. The fourth-order valence-corrected chi connectivity index (χ4v) is 6.39. The molecule has 0 bridgehead atoms. The Kier molecular flexibility index (Phi) is 14.5. The number of sulfone groups is 2. The Bertz CT molecular complexity index is 929. The zero-order valence-electron chi connectivity index (χ0n) is 17.7. The van der Waals surface area contributed by atoms with Crippen LogP contribution in [0, 0.1) is 11.1 Å². The Balaban J connectivity index is 0. The maximum Gasteiger partial charge on any atom is 1.00 e. The molecule has 2 radical (unpaired) electrons. The van der Waals surface area contributed by atoms with E-state index in [9.17, 15) is 29.8 Å². The summed E-state index contributed by atoms with van der Waals surface area (Å²) in [5.41, 5.74) is 10.2. The molecule has 10 nitrogen and oxygen atoms in total. The van der Waals surface area contributed by atoms with E-state index >= 15 is 0 Å². The van der Waals surface area contributed by atoms with E-state index in [2.05, 4.69) is 17.0 Å². The fraction of sp³-hybridized carbons (Fsp3) is 0.500. The molecule has 14 heteroatoms. The molecule has 0 heterocycles. The van der Waals surface area contributed by atoms with Gasteiger partial charge in [0.25, 0.3) is 11.1 Å². The molecule has 1 rings (SSSR count). The predicted molar refractivity (Wildman–Crippen MR) is 110 cm³/mol. The van der Waals surface area contributed by atoms with E-state index in [0.717, 1.165) is 0 Å². The average molecular weight is 492 g/mol. The fourth-order valence-electron chi connectivity index (χ4n) is 1.97. The van der Waals surface area contributed by atoms with Crippen molar-refractivity contribution < 1.29 is 63.5 Å². The molecule has 0 saturated carbocycles. The predicted octanol–water partition coefficient (Wildman–Crippen LogP) is -1.46. The summed E-state index contributed by atoms with van der Waals surface area (Å²) in [6.45, 7) is 2.86. The van der Waals surface area contributed by atoms with E-state index in [1.54, 1.807) is 0 Å². The summed E-state index contributed by atoms with van der Waals surface area (Å²) in [5.74, 6) is -1.12. The number of hydrogen-bond acceptors (Lipinski definition) is 8. The minimum atomic E-state index is -5.41. The van der Waals surface area contributed by atoms with Gasteiger partial charge in [0.2, 0.25) is 0 Å². The van der Waals surface area contributed by atoms with Crippen LogP contribution in [0.3, 0.4) is 0 Å². The van der Waals surface area contributed by atoms with Gasteiger partial charge in [-0.15, -0.1) is 0 Å². The van der Waals surface area contributed by atoms with Crippen LogP contribution in [0.1, 0.15) is 26.7 Å². The average Bonchev–Trinajstić information content (AvgIpc) is 2.59. The second-order valence-corrected chi connectivity index (χ2v) is 11.7. The van der Waals surface area contributed by atoms with Gasteiger partial charge in [-0.1, -0.05) is 32.0 Å². The number of nitrogens with zero attached hydrogens (tertiary/aromatic N) is 3. The molecule has 1 aromatic rings. The van der Waals surface area contributed by atoms with E-state index in [1.807, 2.05) is 32.3 Å². The van der Waals surface area contributed by atoms with Gasteiger partial charge in [-0.3, -0.25) is 0 Å². The Morgan fingerprint density at radius 2 is 1.37 bits per heavy atom. The van der Waals surface area contributed by atoms with Crippen molar-refractivity contribution >= 4 is 35.7 Å². The molecule has 0 aliphatic heterocycles. The molecule has 0 aromatic heterocycles. The van der Waals surface area contributed by atoms with Crippen molar-refractivity contribution in [3.63, 3.8) is 0 Å². The van der Waals surface area contributed by atoms with Gasteiger partial charge in [-0.05, 0) is 25.0 Å². The van der Waals surface area contributed by atoms with Gasteiger partial charge < -0.3 is 15.0 Å². The number of para-hydroxylation sites is 1. The van der Waals surface area contributed by atoms with Crippen LogP contribution < -0.4 is 34.5 Å². The monoisotopic (exact) mass is 491 g/mol. The number of rotatable bonds is 10. The third kappa shape index (κ3) is 11.2. The second kappa shape index (κ2) is 13.8. The maximum atomic E-state index is 11.8. The summed E-state index contributed by atoms with van der Waals surface area (Å²) in [6, 6.07) is 10.3. The first-order valence-electron chi connectivity index (χ1n) is 8.52. The molecule has 0 aliphatic rings. The van der Waals surface area contributed by atoms with Gasteiger partial charge in [0.05, 0.1) is 11.5 Å². The molecule has 166 valence electrons. The minimum absolute atomic E-state index is 0. The van der Waals surface area contributed by atoms with Crippen molar-refractivity contribution in [2.45, 2.75) is 26.7 Å². The van der Waals surface area contributed by atoms with Gasteiger partial charge in [0, 0.05) is 19.8 Å². The first-order chi connectivity index (χ1) is 13.2. The minimum Gasteiger partial charge on any atom is -0.694 e. The van der Waals surface area contributed by atoms with Crippen molar-refractivity contribution in [3.8, 4) is 0 Å². The Morgan fingerprint density at radius 1 is 0.967 bits per heavy atom. The smallest absolute Gasteiger partial charge is 0.694 e. The summed E-state index contributed by atoms with van der Waals surface area (Å²) < 4.78 is 76.7. The van der Waals surface area contributed by atoms with E-state index in [0.29, 0.717) is 0 Å². The van der Waals surface area contributed by atoms with Crippen molar-refractivity contribution in [2.75, 3.05) is 30.5 Å². The summed E-state index contributed by atoms with van der Waals surface area (Å²) in [6.07, 6.45) is 0.160. The van der Waals surface area contributed by atoms with Crippen LogP contribution >= 0.6 is 0 Å². The first-order valence-corrected chi connectivity index (χ1v) is 13.2. The van der Waals surface area contributed by atoms with Crippen LogP contribution in [-0.4, -0.2) is 59.5 Å². The van der Waals surface area contributed by atoms with E-state index in [-0.39, 0.29) is 48.9 Å². The molecule has 0 N–H and O–H groups in total. The summed E-state index contributed by atoms with van der Waals surface area (Å²) >= 11 is 0. The molecule has 0 amide bonds. The number of hydrogen-bond donors (Lipinski definition) is 0. The summed E-state index contributed by atoms with van der Waals surface area (Å²) in [4.78, 5) is 2.08. The molecule has 0 unspecified atom stereocenters. The van der Waals surface area contributed by atoms with Crippen LogP contribution in [-0.2, 0) is 30.0 Å². The second-order valence-electron chi connectivity index (χ2n) is 6.05. The maximum absolute atomic E-state index is 11.8. The van der Waals surface area contributed by atoms with Crippen LogP contribution in [0.4, 0.5) is 5.69 Å². The third-order valence-electron chi connectivity index (χ3n) is 3.28. The van der Waals surface area contributed by atoms with Crippen LogP contribution in [0.15, 0.2) is 30.3 Å². The van der Waals surface area contributed by atoms with Gasteiger partial charge in [0.1, 0.15) is 0 Å². The summed E-state index contributed by atoms with van der Waals surface area (Å²) in [5, 5.41) is 0. The normalized spacial score (nSPS) is 11.8. The Labute approximate surface area is 202 Å². The first kappa shape index (κ1) is 31.6. The largest absolute Gasteiger partial charge is 1.00 e. The Hall–Kier alpha value is -0.570. The number of anilines is 1. The van der Waals surface area contributed by atoms with E-state index in [1.165, 1.54) is 19.5 Å². The van der Waals surface area contributed by atoms with Gasteiger partial charge in [0.15, 0.2) is 19.7 Å².